The predicted molar refractivity (Wildman–Crippen MR) is 98.9 cm³/mol. The van der Waals surface area contributed by atoms with Crippen molar-refractivity contribution < 1.29 is 9.21 Å². The Labute approximate surface area is 153 Å². The summed E-state index contributed by atoms with van der Waals surface area (Å²) in [6.45, 7) is 4.05. The summed E-state index contributed by atoms with van der Waals surface area (Å²) in [7, 11) is 0. The number of hydrogen-bond donors (Lipinski definition) is 1. The molecule has 1 N–H and O–H groups in total. The Kier molecular flexibility index (Phi) is 4.34. The fraction of sp³-hybridized carbons (Fsp3) is 0.222. The molecule has 3 heterocycles. The van der Waals surface area contributed by atoms with Gasteiger partial charge in [0.15, 0.2) is 10.8 Å². The van der Waals surface area contributed by atoms with Crippen molar-refractivity contribution in [3.05, 3.63) is 54.2 Å². The van der Waals surface area contributed by atoms with E-state index in [9.17, 15) is 4.79 Å². The van der Waals surface area contributed by atoms with Crippen LogP contribution in [0.15, 0.2) is 52.2 Å². The van der Waals surface area contributed by atoms with E-state index in [0.29, 0.717) is 23.3 Å². The van der Waals surface area contributed by atoms with Crippen LogP contribution in [0.1, 0.15) is 18.5 Å². The molecule has 8 heteroatoms. The maximum Gasteiger partial charge on any atom is 0.233 e. The van der Waals surface area contributed by atoms with Crippen molar-refractivity contribution in [3.8, 4) is 0 Å². The van der Waals surface area contributed by atoms with E-state index < -0.39 is 0 Å². The van der Waals surface area contributed by atoms with Crippen LogP contribution in [0.2, 0.25) is 0 Å². The molecule has 4 aromatic rings. The van der Waals surface area contributed by atoms with Crippen molar-refractivity contribution in [2.45, 2.75) is 30.8 Å². The van der Waals surface area contributed by atoms with E-state index >= 15 is 0 Å². The number of para-hydroxylation sites is 1. The van der Waals surface area contributed by atoms with E-state index in [-0.39, 0.29) is 11.2 Å². The van der Waals surface area contributed by atoms with Crippen LogP contribution in [0.4, 0.5) is 0 Å². The molecule has 0 bridgehead atoms. The molecule has 0 spiro atoms. The molecule has 0 unspecified atom stereocenters. The average molecular weight is 367 g/mol. The first-order valence-corrected chi connectivity index (χ1v) is 9.08. The highest BCUT2D eigenvalue weighted by Gasteiger charge is 2.19. The fourth-order valence-electron chi connectivity index (χ4n) is 2.65. The second-order valence-electron chi connectivity index (χ2n) is 5.86. The van der Waals surface area contributed by atoms with Crippen molar-refractivity contribution in [2.24, 2.45) is 0 Å². The molecule has 1 amide bonds. The largest absolute Gasteiger partial charge is 0.467 e. The zero-order chi connectivity index (χ0) is 18.1. The lowest BCUT2D eigenvalue weighted by molar-refractivity contribution is -0.120. The third kappa shape index (κ3) is 3.15. The maximum atomic E-state index is 12.4. The number of nitrogens with zero attached hydrogens (tertiary/aromatic N) is 4. The van der Waals surface area contributed by atoms with Crippen LogP contribution >= 0.6 is 11.8 Å². The number of hydrogen-bond acceptors (Lipinski definition) is 6. The van der Waals surface area contributed by atoms with E-state index in [0.717, 1.165) is 16.6 Å². The van der Waals surface area contributed by atoms with Gasteiger partial charge in [-0.3, -0.25) is 4.79 Å². The Morgan fingerprint density at radius 2 is 2.12 bits per heavy atom. The molecule has 0 aliphatic carbocycles. The van der Waals surface area contributed by atoms with Crippen molar-refractivity contribution in [1.29, 1.82) is 0 Å². The van der Waals surface area contributed by atoms with Crippen LogP contribution in [0, 0.1) is 6.92 Å². The SMILES string of the molecule is Cc1nc2c3ccccc3nc(S[C@H](C)C(=O)NCc3ccco3)n2n1. The van der Waals surface area contributed by atoms with Gasteiger partial charge >= 0.3 is 0 Å². The third-order valence-electron chi connectivity index (χ3n) is 3.92. The van der Waals surface area contributed by atoms with E-state index in [1.165, 1.54) is 11.8 Å². The number of furan rings is 1. The topological polar surface area (TPSA) is 85.3 Å². The smallest absolute Gasteiger partial charge is 0.233 e. The fourth-order valence-corrected chi connectivity index (χ4v) is 3.54. The van der Waals surface area contributed by atoms with Crippen LogP contribution in [-0.4, -0.2) is 30.7 Å². The first kappa shape index (κ1) is 16.6. The summed E-state index contributed by atoms with van der Waals surface area (Å²) in [6.07, 6.45) is 1.59. The molecule has 7 nitrogen and oxygen atoms in total. The number of carbonyl (C=O) groups excluding carboxylic acids is 1. The van der Waals surface area contributed by atoms with Crippen LogP contribution in [-0.2, 0) is 11.3 Å². The van der Waals surface area contributed by atoms with Gasteiger partial charge in [0.2, 0.25) is 5.91 Å². The zero-order valence-corrected chi connectivity index (χ0v) is 15.2. The lowest BCUT2D eigenvalue weighted by Crippen LogP contribution is -2.30. The Morgan fingerprint density at radius 3 is 2.92 bits per heavy atom. The number of aryl methyl sites for hydroxylation is 1. The monoisotopic (exact) mass is 367 g/mol. The van der Waals surface area contributed by atoms with E-state index in [4.69, 9.17) is 4.42 Å². The van der Waals surface area contributed by atoms with Crippen molar-refractivity contribution >= 4 is 34.2 Å². The normalized spacial score (nSPS) is 12.5. The molecule has 0 saturated heterocycles. The molecule has 0 aliphatic rings. The molecule has 132 valence electrons. The number of amides is 1. The number of carbonyl (C=O) groups is 1. The summed E-state index contributed by atoms with van der Waals surface area (Å²) < 4.78 is 6.94. The van der Waals surface area contributed by atoms with Gasteiger partial charge in [-0.1, -0.05) is 23.9 Å². The Bertz CT molecular complexity index is 1070. The minimum absolute atomic E-state index is 0.0913. The summed E-state index contributed by atoms with van der Waals surface area (Å²) in [5.41, 5.74) is 1.58. The van der Waals surface area contributed by atoms with Gasteiger partial charge in [-0.25, -0.2) is 9.97 Å². The molecule has 0 fully saturated rings. The summed E-state index contributed by atoms with van der Waals surface area (Å²) in [6, 6.07) is 11.4. The molecule has 26 heavy (non-hydrogen) atoms. The molecule has 1 aromatic carbocycles. The molecule has 0 aliphatic heterocycles. The minimum Gasteiger partial charge on any atom is -0.467 e. The number of aromatic nitrogens is 4. The molecular formula is C18H17N5O2S. The van der Waals surface area contributed by atoms with Crippen molar-refractivity contribution in [1.82, 2.24) is 24.9 Å². The lowest BCUT2D eigenvalue weighted by atomic mass is 10.2. The van der Waals surface area contributed by atoms with Crippen LogP contribution in [0.5, 0.6) is 0 Å². The Hall–Kier alpha value is -2.87. The van der Waals surface area contributed by atoms with Crippen LogP contribution < -0.4 is 5.32 Å². The average Bonchev–Trinajstić information content (AvgIpc) is 3.29. The molecular weight excluding hydrogens is 350 g/mol. The Morgan fingerprint density at radius 1 is 1.27 bits per heavy atom. The summed E-state index contributed by atoms with van der Waals surface area (Å²) in [4.78, 5) is 21.6. The van der Waals surface area contributed by atoms with Crippen molar-refractivity contribution in [3.63, 3.8) is 0 Å². The summed E-state index contributed by atoms with van der Waals surface area (Å²) in [5, 5.41) is 8.54. The lowest BCUT2D eigenvalue weighted by Gasteiger charge is -2.12. The van der Waals surface area contributed by atoms with Gasteiger partial charge in [0.05, 0.1) is 23.6 Å². The summed E-state index contributed by atoms with van der Waals surface area (Å²) >= 11 is 1.35. The number of benzene rings is 1. The van der Waals surface area contributed by atoms with E-state index in [1.54, 1.807) is 16.8 Å². The minimum atomic E-state index is -0.341. The molecule has 4 rings (SSSR count). The first-order chi connectivity index (χ1) is 12.6. The number of rotatable bonds is 5. The first-order valence-electron chi connectivity index (χ1n) is 8.20. The molecule has 0 saturated carbocycles. The van der Waals surface area contributed by atoms with Gasteiger partial charge in [-0.2, -0.15) is 4.52 Å². The van der Waals surface area contributed by atoms with E-state index in [1.807, 2.05) is 44.2 Å². The number of fused-ring (bicyclic) bond motifs is 3. The standard InChI is InChI=1S/C18H17N5O2S/c1-11(17(24)19-10-13-6-5-9-25-13)26-18-21-15-8-4-3-7-14(15)16-20-12(2)22-23(16)18/h3-9,11H,10H2,1-2H3,(H,19,24)/t11-/m1/s1. The second kappa shape index (κ2) is 6.80. The van der Waals surface area contributed by atoms with Crippen LogP contribution in [0.3, 0.4) is 0 Å². The highest BCUT2D eigenvalue weighted by molar-refractivity contribution is 8.00. The van der Waals surface area contributed by atoms with Gasteiger partial charge in [-0.15, -0.1) is 5.10 Å². The van der Waals surface area contributed by atoms with Gasteiger partial charge < -0.3 is 9.73 Å². The Balaban J connectivity index is 1.60. The van der Waals surface area contributed by atoms with E-state index in [2.05, 4.69) is 20.4 Å². The van der Waals surface area contributed by atoms with Gasteiger partial charge in [-0.05, 0) is 38.1 Å². The van der Waals surface area contributed by atoms with Gasteiger partial charge in [0.25, 0.3) is 0 Å². The highest BCUT2D eigenvalue weighted by atomic mass is 32.2. The van der Waals surface area contributed by atoms with Crippen molar-refractivity contribution in [2.75, 3.05) is 0 Å². The molecule has 3 aromatic heterocycles. The highest BCUT2D eigenvalue weighted by Crippen LogP contribution is 2.26. The predicted octanol–water partition coefficient (Wildman–Crippen LogP) is 2.98. The molecule has 1 atom stereocenters. The quantitative estimate of drug-likeness (QED) is 0.431. The second-order valence-corrected chi connectivity index (χ2v) is 7.17. The van der Waals surface area contributed by atoms with Crippen LogP contribution in [0.25, 0.3) is 16.6 Å². The third-order valence-corrected chi connectivity index (χ3v) is 4.97. The van der Waals surface area contributed by atoms with Gasteiger partial charge in [0.1, 0.15) is 11.6 Å². The zero-order valence-electron chi connectivity index (χ0n) is 14.3. The number of thioether (sulfide) groups is 1. The maximum absolute atomic E-state index is 12.4. The summed E-state index contributed by atoms with van der Waals surface area (Å²) in [5.74, 6) is 1.29. The molecule has 0 radical (unpaired) electrons. The number of nitrogens with one attached hydrogen (secondary N) is 1. The van der Waals surface area contributed by atoms with Gasteiger partial charge in [0, 0.05) is 5.39 Å².